The molecule has 13 nitrogen and oxygen atoms in total. The Kier molecular flexibility index (Phi) is 13.1. The number of fused-ring (bicyclic) bond motifs is 8. The first-order valence-corrected chi connectivity index (χ1v) is 19.1. The number of carboxylic acids is 1. The topological polar surface area (TPSA) is 205 Å². The summed E-state index contributed by atoms with van der Waals surface area (Å²) in [5.41, 5.74) is 13.9. The molecule has 8 bridgehead atoms. The Hall–Kier alpha value is -4.88. The van der Waals surface area contributed by atoms with E-state index in [0.29, 0.717) is 75.2 Å². The number of carbonyl (C=O) groups is 4. The maximum atomic E-state index is 14.2. The molecule has 0 fully saturated rings. The predicted molar refractivity (Wildman–Crippen MR) is 209 cm³/mol. The molecule has 5 rings (SSSR count). The zero-order valence-corrected chi connectivity index (χ0v) is 32.6. The number of ketones is 1. The Balaban J connectivity index is 1.88. The largest absolute Gasteiger partial charge is 0.481 e. The summed E-state index contributed by atoms with van der Waals surface area (Å²) in [4.78, 5) is 69.7. The van der Waals surface area contributed by atoms with Crippen LogP contribution in [0.1, 0.15) is 144 Å². The van der Waals surface area contributed by atoms with Crippen LogP contribution in [0, 0.1) is 13.8 Å². The van der Waals surface area contributed by atoms with Crippen LogP contribution >= 0.6 is 0 Å². The van der Waals surface area contributed by atoms with Crippen molar-refractivity contribution < 1.29 is 29.0 Å². The molecule has 13 heteroatoms. The number of aromatic nitrogens is 4. The number of esters is 1. The van der Waals surface area contributed by atoms with Gasteiger partial charge in [-0.3, -0.25) is 29.1 Å². The molecular formula is C41H55N7O6. The first-order chi connectivity index (χ1) is 25.8. The Morgan fingerprint density at radius 3 is 2.17 bits per heavy atom. The number of ether oxygens (including phenoxy) is 1. The molecule has 0 aromatic carbocycles. The van der Waals surface area contributed by atoms with Gasteiger partial charge < -0.3 is 36.2 Å². The standard InChI is InChI=1S/C41H55N7O6/c1-8-26-21(2)29-20-34-37(25(6)49)23(4)31(46-34)18-30-22(3)27(11-12-35(50)51)39(47-30)28(17-36(52)54-7)40-38(24(5)32(48-40)19-33(26)45-29)41(53)44-16-10-15-43-14-9-13-42/h18-22,26-27,43,46,48H,8-17,42H2,1-7H3,(H,44,53)(H,50,51)/t21-,22+,26-,27+/m1/s1. The quantitative estimate of drug-likeness (QED) is 0.0613. The van der Waals surface area contributed by atoms with Crippen molar-refractivity contribution in [2.45, 2.75) is 104 Å². The van der Waals surface area contributed by atoms with E-state index in [1.807, 2.05) is 39.0 Å². The van der Waals surface area contributed by atoms with Crippen LogP contribution in [-0.4, -0.2) is 82.0 Å². The van der Waals surface area contributed by atoms with Crippen LogP contribution in [0.3, 0.4) is 0 Å². The highest BCUT2D eigenvalue weighted by Crippen LogP contribution is 2.43. The third-order valence-electron chi connectivity index (χ3n) is 11.1. The van der Waals surface area contributed by atoms with Crippen molar-refractivity contribution in [3.8, 4) is 0 Å². The minimum absolute atomic E-state index is 0.0520. The van der Waals surface area contributed by atoms with E-state index >= 15 is 0 Å². The molecule has 0 saturated carbocycles. The van der Waals surface area contributed by atoms with Crippen LogP contribution in [-0.2, 0) is 20.7 Å². The SMILES string of the molecule is CC[C@H]1c2cc3[nH]c(c(CC(=O)OC)c4nc(cc5[nH]c(cc(n2)[C@@H]1C)c(C(C)=O)c5C)[C@@H](C)[C@@H]4CCC(=O)O)c(C(=O)NCCCNCCCN)c3C. The van der Waals surface area contributed by atoms with E-state index in [9.17, 15) is 24.3 Å². The van der Waals surface area contributed by atoms with E-state index in [0.717, 1.165) is 42.9 Å². The van der Waals surface area contributed by atoms with E-state index in [1.165, 1.54) is 7.11 Å². The lowest BCUT2D eigenvalue weighted by Crippen LogP contribution is -2.28. The number of aryl methyl sites for hydroxylation is 2. The number of carboxylic acid groups (broad SMARTS) is 1. The van der Waals surface area contributed by atoms with Gasteiger partial charge in [-0.15, -0.1) is 0 Å². The summed E-state index contributed by atoms with van der Waals surface area (Å²) in [6.45, 7) is 14.1. The molecule has 290 valence electrons. The van der Waals surface area contributed by atoms with E-state index in [-0.39, 0.29) is 48.7 Å². The predicted octanol–water partition coefficient (Wildman–Crippen LogP) is 5.96. The molecule has 4 atom stereocenters. The van der Waals surface area contributed by atoms with E-state index < -0.39 is 17.9 Å². The Morgan fingerprint density at radius 2 is 1.50 bits per heavy atom. The van der Waals surface area contributed by atoms with Gasteiger partial charge in [-0.05, 0) is 95.4 Å². The van der Waals surface area contributed by atoms with E-state index in [2.05, 4.69) is 34.4 Å². The minimum Gasteiger partial charge on any atom is -0.481 e. The van der Waals surface area contributed by atoms with Crippen LogP contribution in [0.2, 0.25) is 0 Å². The average Bonchev–Trinajstić information content (AvgIpc) is 3.82. The van der Waals surface area contributed by atoms with Crippen molar-refractivity contribution in [2.24, 2.45) is 5.73 Å². The molecule has 2 aliphatic heterocycles. The van der Waals surface area contributed by atoms with Gasteiger partial charge in [0.15, 0.2) is 5.78 Å². The summed E-state index contributed by atoms with van der Waals surface area (Å²) < 4.78 is 5.19. The highest BCUT2D eigenvalue weighted by atomic mass is 16.5. The zero-order chi connectivity index (χ0) is 39.3. The number of nitrogens with one attached hydrogen (secondary N) is 4. The fourth-order valence-electron chi connectivity index (χ4n) is 7.98. The van der Waals surface area contributed by atoms with Gasteiger partial charge in [0.05, 0.1) is 35.8 Å². The molecule has 0 spiro atoms. The summed E-state index contributed by atoms with van der Waals surface area (Å²) in [6, 6.07) is 5.85. The van der Waals surface area contributed by atoms with E-state index in [1.54, 1.807) is 6.92 Å². The first kappa shape index (κ1) is 40.3. The smallest absolute Gasteiger partial charge is 0.310 e. The third kappa shape index (κ3) is 8.42. The number of carbonyl (C=O) groups excluding carboxylic acids is 3. The Labute approximate surface area is 316 Å². The number of methoxy groups -OCH3 is 1. The van der Waals surface area contributed by atoms with Crippen molar-refractivity contribution in [1.82, 2.24) is 30.6 Å². The van der Waals surface area contributed by atoms with Gasteiger partial charge in [0.2, 0.25) is 0 Å². The number of aromatic amines is 2. The lowest BCUT2D eigenvalue weighted by molar-refractivity contribution is -0.140. The lowest BCUT2D eigenvalue weighted by Gasteiger charge is -2.17. The highest BCUT2D eigenvalue weighted by Gasteiger charge is 2.34. The highest BCUT2D eigenvalue weighted by molar-refractivity contribution is 6.06. The van der Waals surface area contributed by atoms with Gasteiger partial charge in [-0.25, -0.2) is 0 Å². The van der Waals surface area contributed by atoms with Crippen molar-refractivity contribution in [2.75, 3.05) is 33.3 Å². The Morgan fingerprint density at radius 1 is 0.870 bits per heavy atom. The second kappa shape index (κ2) is 17.5. The van der Waals surface area contributed by atoms with Crippen molar-refractivity contribution in [3.63, 3.8) is 0 Å². The van der Waals surface area contributed by atoms with Crippen LogP contribution in [0.4, 0.5) is 0 Å². The summed E-state index contributed by atoms with van der Waals surface area (Å²) >= 11 is 0. The van der Waals surface area contributed by atoms with Crippen LogP contribution in [0.15, 0.2) is 18.2 Å². The molecule has 0 radical (unpaired) electrons. The molecule has 54 heavy (non-hydrogen) atoms. The molecule has 7 N–H and O–H groups in total. The monoisotopic (exact) mass is 741 g/mol. The molecular weight excluding hydrogens is 686 g/mol. The maximum Gasteiger partial charge on any atom is 0.310 e. The van der Waals surface area contributed by atoms with Crippen molar-refractivity contribution in [3.05, 3.63) is 68.8 Å². The summed E-state index contributed by atoms with van der Waals surface area (Å²) in [6.07, 6.45) is 2.32. The number of amides is 1. The summed E-state index contributed by atoms with van der Waals surface area (Å²) in [5, 5.41) is 16.2. The molecule has 3 aromatic heterocycles. The fourth-order valence-corrected chi connectivity index (χ4v) is 7.98. The number of hydrogen-bond donors (Lipinski definition) is 6. The summed E-state index contributed by atoms with van der Waals surface area (Å²) in [5.74, 6) is -2.39. The number of hydrogen-bond acceptors (Lipinski definition) is 9. The molecule has 0 saturated heterocycles. The molecule has 3 aromatic rings. The molecule has 5 heterocycles. The fraction of sp³-hybridized carbons (Fsp3) is 0.512. The zero-order valence-electron chi connectivity index (χ0n) is 32.6. The molecule has 2 aliphatic rings. The lowest BCUT2D eigenvalue weighted by atomic mass is 9.85. The van der Waals surface area contributed by atoms with E-state index in [4.69, 9.17) is 20.4 Å². The first-order valence-electron chi connectivity index (χ1n) is 19.1. The van der Waals surface area contributed by atoms with Gasteiger partial charge in [0.1, 0.15) is 0 Å². The number of nitrogens with two attached hydrogens (primary N) is 1. The third-order valence-corrected chi connectivity index (χ3v) is 11.1. The van der Waals surface area contributed by atoms with Crippen LogP contribution < -0.4 is 16.4 Å². The second-order valence-corrected chi connectivity index (χ2v) is 14.6. The van der Waals surface area contributed by atoms with Gasteiger partial charge in [-0.1, -0.05) is 20.8 Å². The Bertz CT molecular complexity index is 2080. The van der Waals surface area contributed by atoms with Gasteiger partial charge in [0, 0.05) is 75.9 Å². The summed E-state index contributed by atoms with van der Waals surface area (Å²) in [7, 11) is 1.31. The maximum absolute atomic E-state index is 14.2. The second-order valence-electron chi connectivity index (χ2n) is 14.6. The van der Waals surface area contributed by atoms with Gasteiger partial charge in [0.25, 0.3) is 5.91 Å². The molecule has 1 amide bonds. The van der Waals surface area contributed by atoms with Gasteiger partial charge >= 0.3 is 11.9 Å². The number of H-pyrrole nitrogens is 2. The molecule has 0 aliphatic carbocycles. The number of Topliss-reactive ketones (excluding diaryl/α,β-unsaturated/α-hetero) is 1. The number of aliphatic carboxylic acids is 1. The van der Waals surface area contributed by atoms with Crippen LogP contribution in [0.25, 0.3) is 22.1 Å². The van der Waals surface area contributed by atoms with Crippen molar-refractivity contribution in [1.29, 1.82) is 0 Å². The number of rotatable bonds is 15. The van der Waals surface area contributed by atoms with Crippen LogP contribution in [0.5, 0.6) is 0 Å². The normalized spacial score (nSPS) is 18.1. The van der Waals surface area contributed by atoms with Gasteiger partial charge in [-0.2, -0.15) is 0 Å². The molecule has 0 unspecified atom stereocenters. The number of nitrogens with zero attached hydrogens (tertiary/aromatic N) is 2. The minimum atomic E-state index is -0.948. The van der Waals surface area contributed by atoms with Crippen molar-refractivity contribution >= 4 is 45.7 Å². The average molecular weight is 742 g/mol.